The molecule has 1 aromatic rings. The third-order valence-corrected chi connectivity index (χ3v) is 3.70. The lowest BCUT2D eigenvalue weighted by atomic mass is 10.1. The van der Waals surface area contributed by atoms with Crippen molar-refractivity contribution in [1.29, 1.82) is 0 Å². The summed E-state index contributed by atoms with van der Waals surface area (Å²) in [6, 6.07) is 9.20. The number of nitrogens with zero attached hydrogens (tertiary/aromatic N) is 1. The smallest absolute Gasteiger partial charge is 0.179 e. The van der Waals surface area contributed by atoms with E-state index in [9.17, 15) is 15.3 Å². The average molecular weight is 342 g/mol. The molecule has 0 saturated carbocycles. The van der Waals surface area contributed by atoms with Crippen molar-refractivity contribution in [3.8, 4) is 0 Å². The predicted molar refractivity (Wildman–Crippen MR) is 79.1 cm³/mol. The van der Waals surface area contributed by atoms with Gasteiger partial charge in [0.15, 0.2) is 12.5 Å². The Morgan fingerprint density at radius 2 is 1.95 bits per heavy atom. The Kier molecular flexibility index (Phi) is 4.95. The van der Waals surface area contributed by atoms with Crippen LogP contribution in [-0.4, -0.2) is 41.6 Å². The first-order chi connectivity index (χ1) is 9.56. The topological polar surface area (TPSA) is 73.2 Å². The van der Waals surface area contributed by atoms with E-state index in [1.807, 2.05) is 30.3 Å². The Labute approximate surface area is 125 Å². The highest BCUT2D eigenvalue weighted by Gasteiger charge is 2.32. The van der Waals surface area contributed by atoms with Crippen LogP contribution >= 0.6 is 15.9 Å². The molecule has 1 aromatic carbocycles. The molecular weight excluding hydrogens is 326 g/mol. The number of halogens is 1. The van der Waals surface area contributed by atoms with Gasteiger partial charge in [-0.1, -0.05) is 18.2 Å². The number of benzene rings is 1. The van der Waals surface area contributed by atoms with Gasteiger partial charge in [0.1, 0.15) is 0 Å². The maximum Gasteiger partial charge on any atom is 0.179 e. The van der Waals surface area contributed by atoms with Gasteiger partial charge in [0.2, 0.25) is 0 Å². The molecule has 3 N–H and O–H groups in total. The summed E-state index contributed by atoms with van der Waals surface area (Å²) >= 11 is 3.38. The first-order valence-electron chi connectivity index (χ1n) is 6.03. The first-order valence-corrected chi connectivity index (χ1v) is 6.83. The number of aliphatic hydroxyl groups is 3. The van der Waals surface area contributed by atoms with Crippen LogP contribution in [0.3, 0.4) is 0 Å². The van der Waals surface area contributed by atoms with E-state index in [1.165, 1.54) is 6.08 Å². The molecule has 0 spiro atoms. The molecule has 1 unspecified atom stereocenters. The number of ether oxygens (including phenoxy) is 1. The van der Waals surface area contributed by atoms with Crippen LogP contribution in [0, 0.1) is 0 Å². The Balaban J connectivity index is 2.50. The molecule has 0 radical (unpaired) electrons. The lowest BCUT2D eigenvalue weighted by Crippen LogP contribution is -2.43. The van der Waals surface area contributed by atoms with Crippen molar-refractivity contribution in [2.75, 3.05) is 18.6 Å². The van der Waals surface area contributed by atoms with Crippen LogP contribution in [0.25, 0.3) is 0 Å². The highest BCUT2D eigenvalue weighted by molar-refractivity contribution is 9.11. The molecule has 20 heavy (non-hydrogen) atoms. The van der Waals surface area contributed by atoms with Crippen molar-refractivity contribution in [3.63, 3.8) is 0 Å². The largest absolute Gasteiger partial charge is 0.378 e. The Morgan fingerprint density at radius 1 is 1.30 bits per heavy atom. The van der Waals surface area contributed by atoms with Gasteiger partial charge in [-0.05, 0) is 34.1 Å². The normalized spacial score (nSPS) is 19.6. The monoisotopic (exact) mass is 341 g/mol. The Hall–Kier alpha value is -1.18. The molecule has 5 nitrogen and oxygen atoms in total. The molecule has 0 aliphatic carbocycles. The van der Waals surface area contributed by atoms with Gasteiger partial charge in [-0.25, -0.2) is 0 Å². The minimum atomic E-state index is -1.73. The molecule has 2 rings (SSSR count). The summed E-state index contributed by atoms with van der Waals surface area (Å²) in [5.74, 6) is 0. The third-order valence-electron chi connectivity index (χ3n) is 3.02. The van der Waals surface area contributed by atoms with Crippen LogP contribution in [0.15, 0.2) is 52.2 Å². The molecule has 0 aromatic heterocycles. The van der Waals surface area contributed by atoms with Crippen molar-refractivity contribution >= 4 is 21.6 Å². The molecular formula is C14H16BrNO4. The maximum absolute atomic E-state index is 10.4. The summed E-state index contributed by atoms with van der Waals surface area (Å²) in [4.78, 5) is 1.60. The van der Waals surface area contributed by atoms with Gasteiger partial charge < -0.3 is 25.0 Å². The predicted octanol–water partition coefficient (Wildman–Crippen LogP) is 1.31. The van der Waals surface area contributed by atoms with Gasteiger partial charge in [-0.3, -0.25) is 0 Å². The van der Waals surface area contributed by atoms with E-state index >= 15 is 0 Å². The zero-order valence-corrected chi connectivity index (χ0v) is 12.5. The van der Waals surface area contributed by atoms with E-state index in [0.717, 1.165) is 5.69 Å². The number of allylic oxidation sites excluding steroid dienone is 2. The van der Waals surface area contributed by atoms with Crippen molar-refractivity contribution in [1.82, 2.24) is 0 Å². The van der Waals surface area contributed by atoms with E-state index in [4.69, 9.17) is 4.74 Å². The second kappa shape index (κ2) is 6.51. The average Bonchev–Trinajstić information content (AvgIpc) is 2.43. The summed E-state index contributed by atoms with van der Waals surface area (Å²) in [5.41, 5.74) is 1.53. The number of hydrogen-bond acceptors (Lipinski definition) is 5. The zero-order valence-electron chi connectivity index (χ0n) is 10.9. The molecule has 1 aliphatic rings. The van der Waals surface area contributed by atoms with Crippen molar-refractivity contribution < 1.29 is 20.1 Å². The van der Waals surface area contributed by atoms with Crippen LogP contribution in [0.1, 0.15) is 0 Å². The maximum atomic E-state index is 10.4. The molecule has 1 atom stereocenters. The number of methoxy groups -OCH3 is 1. The fourth-order valence-electron chi connectivity index (χ4n) is 2.08. The van der Waals surface area contributed by atoms with Gasteiger partial charge >= 0.3 is 0 Å². The molecule has 108 valence electrons. The molecule has 0 bridgehead atoms. The molecule has 0 fully saturated rings. The highest BCUT2D eigenvalue weighted by atomic mass is 79.9. The molecule has 1 heterocycles. The van der Waals surface area contributed by atoms with Gasteiger partial charge in [0.05, 0.1) is 12.3 Å². The zero-order chi connectivity index (χ0) is 14.7. The van der Waals surface area contributed by atoms with E-state index in [2.05, 4.69) is 15.9 Å². The lowest BCUT2D eigenvalue weighted by molar-refractivity contribution is -0.0246. The standard InChI is InChI=1S/C14H16BrNO4/c1-20-8-12-11(15)7-10(14(18)19)13(17)16(12)9-5-3-2-4-6-9/h2-7,13-14,17-19H,8H2,1H3. The quantitative estimate of drug-likeness (QED) is 0.720. The number of rotatable bonds is 4. The van der Waals surface area contributed by atoms with Crippen LogP contribution < -0.4 is 4.90 Å². The van der Waals surface area contributed by atoms with Crippen molar-refractivity contribution in [2.45, 2.75) is 12.5 Å². The molecule has 1 aliphatic heterocycles. The fraction of sp³-hybridized carbons (Fsp3) is 0.286. The number of hydrogen-bond donors (Lipinski definition) is 3. The lowest BCUT2D eigenvalue weighted by Gasteiger charge is -2.37. The van der Waals surface area contributed by atoms with Crippen LogP contribution in [0.5, 0.6) is 0 Å². The number of aliphatic hydroxyl groups excluding tert-OH is 2. The Bertz CT molecular complexity index is 527. The van der Waals surface area contributed by atoms with E-state index in [0.29, 0.717) is 10.2 Å². The molecule has 0 saturated heterocycles. The SMILES string of the molecule is COCC1=C(Br)C=C(C(O)O)C(O)N1c1ccccc1. The van der Waals surface area contributed by atoms with Crippen LogP contribution in [-0.2, 0) is 4.74 Å². The Morgan fingerprint density at radius 3 is 2.50 bits per heavy atom. The minimum Gasteiger partial charge on any atom is -0.378 e. The number of para-hydroxylation sites is 1. The van der Waals surface area contributed by atoms with Crippen LogP contribution in [0.2, 0.25) is 0 Å². The van der Waals surface area contributed by atoms with Gasteiger partial charge in [-0.2, -0.15) is 0 Å². The summed E-state index contributed by atoms with van der Waals surface area (Å²) < 4.78 is 5.79. The summed E-state index contributed by atoms with van der Waals surface area (Å²) in [5, 5.41) is 29.1. The van der Waals surface area contributed by atoms with Crippen molar-refractivity contribution in [2.24, 2.45) is 0 Å². The van der Waals surface area contributed by atoms with E-state index < -0.39 is 12.5 Å². The first kappa shape index (κ1) is 15.2. The molecule has 0 amide bonds. The van der Waals surface area contributed by atoms with E-state index in [1.54, 1.807) is 12.0 Å². The minimum absolute atomic E-state index is 0.0978. The summed E-state index contributed by atoms with van der Waals surface area (Å²) in [7, 11) is 1.56. The molecule has 6 heteroatoms. The highest BCUT2D eigenvalue weighted by Crippen LogP contribution is 2.34. The number of anilines is 1. The fourth-order valence-corrected chi connectivity index (χ4v) is 2.65. The van der Waals surface area contributed by atoms with Gasteiger partial charge in [-0.15, -0.1) is 0 Å². The van der Waals surface area contributed by atoms with E-state index in [-0.39, 0.29) is 12.2 Å². The van der Waals surface area contributed by atoms with Crippen molar-refractivity contribution in [3.05, 3.63) is 52.2 Å². The van der Waals surface area contributed by atoms with Crippen LogP contribution in [0.4, 0.5) is 5.69 Å². The van der Waals surface area contributed by atoms with Gasteiger partial charge in [0, 0.05) is 22.9 Å². The second-order valence-corrected chi connectivity index (χ2v) is 5.18. The second-order valence-electron chi connectivity index (χ2n) is 4.32. The summed E-state index contributed by atoms with van der Waals surface area (Å²) in [6.45, 7) is 0.276. The third kappa shape index (κ3) is 2.94. The summed E-state index contributed by atoms with van der Waals surface area (Å²) in [6.07, 6.45) is -1.39. The van der Waals surface area contributed by atoms with Gasteiger partial charge in [0.25, 0.3) is 0 Å².